The lowest BCUT2D eigenvalue weighted by Crippen LogP contribution is -2.25. The second kappa shape index (κ2) is 5.88. The number of hydrogen-bond acceptors (Lipinski definition) is 3. The summed E-state index contributed by atoms with van der Waals surface area (Å²) < 4.78 is 7.06. The molecule has 4 heteroatoms. The summed E-state index contributed by atoms with van der Waals surface area (Å²) in [7, 11) is 0. The number of aryl methyl sites for hydroxylation is 3. The van der Waals surface area contributed by atoms with Crippen molar-refractivity contribution in [2.75, 3.05) is 0 Å². The molecule has 1 aromatic carbocycles. The van der Waals surface area contributed by atoms with Crippen molar-refractivity contribution in [3.05, 3.63) is 75.0 Å². The molecule has 3 aromatic rings. The van der Waals surface area contributed by atoms with Gasteiger partial charge < -0.3 is 9.09 Å². The van der Waals surface area contributed by atoms with Crippen LogP contribution in [0.3, 0.4) is 0 Å². The van der Waals surface area contributed by atoms with E-state index in [-0.39, 0.29) is 5.56 Å². The van der Waals surface area contributed by atoms with Gasteiger partial charge in [0, 0.05) is 5.69 Å². The SMILES string of the molecule is Cc1cc(-c2c(C)noc2C)c(=O)n(Cc2ccccc2)c1C. The van der Waals surface area contributed by atoms with Crippen molar-refractivity contribution in [2.24, 2.45) is 0 Å². The third-order valence-electron chi connectivity index (χ3n) is 4.30. The van der Waals surface area contributed by atoms with Gasteiger partial charge in [-0.3, -0.25) is 4.79 Å². The lowest BCUT2D eigenvalue weighted by atomic mass is 10.0. The number of pyridine rings is 1. The largest absolute Gasteiger partial charge is 0.361 e. The minimum atomic E-state index is -0.00801. The molecular formula is C19H20N2O2. The van der Waals surface area contributed by atoms with Crippen LogP contribution in [-0.4, -0.2) is 9.72 Å². The van der Waals surface area contributed by atoms with E-state index in [4.69, 9.17) is 4.52 Å². The number of nitrogens with zero attached hydrogens (tertiary/aromatic N) is 2. The lowest BCUT2D eigenvalue weighted by molar-refractivity contribution is 0.393. The fraction of sp³-hybridized carbons (Fsp3) is 0.263. The topological polar surface area (TPSA) is 48.0 Å². The fourth-order valence-electron chi connectivity index (χ4n) is 2.90. The highest BCUT2D eigenvalue weighted by Gasteiger charge is 2.18. The van der Waals surface area contributed by atoms with Crippen LogP contribution < -0.4 is 5.56 Å². The first kappa shape index (κ1) is 15.3. The lowest BCUT2D eigenvalue weighted by Gasteiger charge is -2.15. The van der Waals surface area contributed by atoms with Crippen molar-refractivity contribution in [3.63, 3.8) is 0 Å². The highest BCUT2D eigenvalue weighted by molar-refractivity contribution is 5.67. The van der Waals surface area contributed by atoms with Crippen molar-refractivity contribution >= 4 is 0 Å². The van der Waals surface area contributed by atoms with Gasteiger partial charge in [0.1, 0.15) is 5.76 Å². The van der Waals surface area contributed by atoms with Gasteiger partial charge in [-0.1, -0.05) is 35.5 Å². The van der Waals surface area contributed by atoms with Gasteiger partial charge in [0.2, 0.25) is 0 Å². The smallest absolute Gasteiger partial charge is 0.259 e. The second-order valence-corrected chi connectivity index (χ2v) is 5.90. The van der Waals surface area contributed by atoms with Crippen LogP contribution in [-0.2, 0) is 6.54 Å². The van der Waals surface area contributed by atoms with E-state index >= 15 is 0 Å². The Morgan fingerprint density at radius 3 is 2.39 bits per heavy atom. The molecule has 3 rings (SSSR count). The molecule has 0 spiro atoms. The van der Waals surface area contributed by atoms with Crippen molar-refractivity contribution in [1.82, 2.24) is 9.72 Å². The molecule has 4 nitrogen and oxygen atoms in total. The molecule has 0 saturated carbocycles. The highest BCUT2D eigenvalue weighted by atomic mass is 16.5. The Morgan fingerprint density at radius 2 is 1.78 bits per heavy atom. The van der Waals surface area contributed by atoms with E-state index in [1.54, 1.807) is 0 Å². The van der Waals surface area contributed by atoms with Gasteiger partial charge in [0.05, 0.1) is 23.4 Å². The molecule has 0 fully saturated rings. The molecule has 0 amide bonds. The number of benzene rings is 1. The average molecular weight is 308 g/mol. The Kier molecular flexibility index (Phi) is 3.90. The van der Waals surface area contributed by atoms with Crippen LogP contribution in [0.25, 0.3) is 11.1 Å². The normalized spacial score (nSPS) is 11.0. The van der Waals surface area contributed by atoms with E-state index in [0.717, 1.165) is 28.1 Å². The predicted octanol–water partition coefficient (Wildman–Crippen LogP) is 3.79. The third kappa shape index (κ3) is 2.72. The van der Waals surface area contributed by atoms with Gasteiger partial charge in [0.15, 0.2) is 0 Å². The summed E-state index contributed by atoms with van der Waals surface area (Å²) in [4.78, 5) is 13.0. The van der Waals surface area contributed by atoms with Crippen LogP contribution >= 0.6 is 0 Å². The Bertz CT molecular complexity index is 886. The fourth-order valence-corrected chi connectivity index (χ4v) is 2.90. The molecule has 118 valence electrons. The molecule has 0 aliphatic rings. The van der Waals surface area contributed by atoms with Gasteiger partial charge in [-0.2, -0.15) is 0 Å². The van der Waals surface area contributed by atoms with Crippen molar-refractivity contribution in [3.8, 4) is 11.1 Å². The first-order valence-corrected chi connectivity index (χ1v) is 7.67. The summed E-state index contributed by atoms with van der Waals surface area (Å²) in [6, 6.07) is 11.9. The summed E-state index contributed by atoms with van der Waals surface area (Å²) >= 11 is 0. The number of hydrogen-bond donors (Lipinski definition) is 0. The summed E-state index contributed by atoms with van der Waals surface area (Å²) in [5, 5.41) is 3.98. The second-order valence-electron chi connectivity index (χ2n) is 5.90. The van der Waals surface area contributed by atoms with Gasteiger partial charge >= 0.3 is 0 Å². The van der Waals surface area contributed by atoms with Gasteiger partial charge in [-0.15, -0.1) is 0 Å². The first-order chi connectivity index (χ1) is 11.0. The number of aromatic nitrogens is 2. The summed E-state index contributed by atoms with van der Waals surface area (Å²) in [6.45, 7) is 8.27. The summed E-state index contributed by atoms with van der Waals surface area (Å²) in [5.41, 5.74) is 5.36. The molecule has 0 unspecified atom stereocenters. The van der Waals surface area contributed by atoms with Crippen LogP contribution in [0.1, 0.15) is 28.3 Å². The Morgan fingerprint density at radius 1 is 1.09 bits per heavy atom. The molecule has 0 aliphatic heterocycles. The average Bonchev–Trinajstić information content (AvgIpc) is 2.87. The number of rotatable bonds is 3. The van der Waals surface area contributed by atoms with E-state index < -0.39 is 0 Å². The maximum atomic E-state index is 13.0. The van der Waals surface area contributed by atoms with Gasteiger partial charge in [0.25, 0.3) is 5.56 Å². The maximum Gasteiger partial charge on any atom is 0.259 e. The van der Waals surface area contributed by atoms with E-state index in [0.29, 0.717) is 17.9 Å². The van der Waals surface area contributed by atoms with E-state index in [1.165, 1.54) is 0 Å². The zero-order valence-corrected chi connectivity index (χ0v) is 13.9. The molecule has 2 heterocycles. The standard InChI is InChI=1S/C19H20N2O2/c1-12-10-17(18-13(2)20-23-15(18)4)19(22)21(14(12)3)11-16-8-6-5-7-9-16/h5-10H,11H2,1-4H3. The summed E-state index contributed by atoms with van der Waals surface area (Å²) in [6.07, 6.45) is 0. The quantitative estimate of drug-likeness (QED) is 0.739. The minimum Gasteiger partial charge on any atom is -0.361 e. The third-order valence-corrected chi connectivity index (χ3v) is 4.30. The highest BCUT2D eigenvalue weighted by Crippen LogP contribution is 2.25. The van der Waals surface area contributed by atoms with E-state index in [1.807, 2.05) is 68.7 Å². The van der Waals surface area contributed by atoms with Gasteiger partial charge in [-0.05, 0) is 44.9 Å². The predicted molar refractivity (Wildman–Crippen MR) is 90.7 cm³/mol. The van der Waals surface area contributed by atoms with Crippen molar-refractivity contribution in [2.45, 2.75) is 34.2 Å². The molecule has 23 heavy (non-hydrogen) atoms. The molecule has 0 N–H and O–H groups in total. The first-order valence-electron chi connectivity index (χ1n) is 7.67. The van der Waals surface area contributed by atoms with Crippen LogP contribution in [0.4, 0.5) is 0 Å². The monoisotopic (exact) mass is 308 g/mol. The zero-order valence-electron chi connectivity index (χ0n) is 13.9. The molecule has 0 aliphatic carbocycles. The minimum absolute atomic E-state index is 0.00801. The van der Waals surface area contributed by atoms with Crippen LogP contribution in [0.5, 0.6) is 0 Å². The molecule has 0 saturated heterocycles. The molecule has 0 bridgehead atoms. The molecule has 0 atom stereocenters. The Labute approximate surface area is 135 Å². The van der Waals surface area contributed by atoms with E-state index in [9.17, 15) is 4.79 Å². The summed E-state index contributed by atoms with van der Waals surface area (Å²) in [5.74, 6) is 0.675. The maximum absolute atomic E-state index is 13.0. The Hall–Kier alpha value is -2.62. The van der Waals surface area contributed by atoms with Crippen LogP contribution in [0, 0.1) is 27.7 Å². The van der Waals surface area contributed by atoms with Crippen molar-refractivity contribution in [1.29, 1.82) is 0 Å². The van der Waals surface area contributed by atoms with Gasteiger partial charge in [-0.25, -0.2) is 0 Å². The molecule has 2 aromatic heterocycles. The van der Waals surface area contributed by atoms with Crippen molar-refractivity contribution < 1.29 is 4.52 Å². The Balaban J connectivity index is 2.20. The molecule has 0 radical (unpaired) electrons. The van der Waals surface area contributed by atoms with E-state index in [2.05, 4.69) is 5.16 Å². The zero-order chi connectivity index (χ0) is 16.6. The molecular weight excluding hydrogens is 288 g/mol. The van der Waals surface area contributed by atoms with Crippen LogP contribution in [0.15, 0.2) is 45.7 Å². The van der Waals surface area contributed by atoms with Crippen LogP contribution in [0.2, 0.25) is 0 Å².